The van der Waals surface area contributed by atoms with E-state index in [4.69, 9.17) is 32.0 Å². The molecular formula is C31H32ClN7O3. The molecule has 4 aromatic rings. The topological polar surface area (TPSA) is 141 Å². The minimum absolute atomic E-state index is 0.0586. The third kappa shape index (κ3) is 5.11. The summed E-state index contributed by atoms with van der Waals surface area (Å²) >= 11 is 6.41. The number of pyridine rings is 1. The molecule has 2 aliphatic carbocycles. The minimum Gasteiger partial charge on any atom is -0.481 e. The number of carboxylic acid groups (broad SMARTS) is 1. The molecular weight excluding hydrogens is 554 g/mol. The summed E-state index contributed by atoms with van der Waals surface area (Å²) in [6.45, 7) is 0. The third-order valence-electron chi connectivity index (χ3n) is 8.38. The van der Waals surface area contributed by atoms with Crippen LogP contribution in [0.15, 0.2) is 53.7 Å². The Balaban J connectivity index is 1.67. The number of amidine groups is 1. The fraction of sp³-hybridized carbons (Fsp3) is 0.355. The number of allylic oxidation sites excluding steroid dienone is 1. The number of hydrogen-bond acceptors (Lipinski definition) is 6. The van der Waals surface area contributed by atoms with E-state index in [9.17, 15) is 9.90 Å². The lowest BCUT2D eigenvalue weighted by Gasteiger charge is -2.41. The number of aliphatic imine (C=N–C) groups is 1. The Labute approximate surface area is 248 Å². The summed E-state index contributed by atoms with van der Waals surface area (Å²) in [4.78, 5) is 33.7. The van der Waals surface area contributed by atoms with Crippen molar-refractivity contribution in [2.24, 2.45) is 16.6 Å². The maximum atomic E-state index is 11.4. The van der Waals surface area contributed by atoms with Crippen molar-refractivity contribution in [3.05, 3.63) is 70.9 Å². The van der Waals surface area contributed by atoms with Gasteiger partial charge in [0, 0.05) is 12.4 Å². The van der Waals surface area contributed by atoms with Crippen molar-refractivity contribution in [3.63, 3.8) is 0 Å². The van der Waals surface area contributed by atoms with Gasteiger partial charge in [-0.05, 0) is 43.2 Å². The van der Waals surface area contributed by atoms with Gasteiger partial charge in [0.25, 0.3) is 0 Å². The Morgan fingerprint density at radius 3 is 2.57 bits per heavy atom. The third-order valence-corrected chi connectivity index (χ3v) is 8.58. The number of ether oxygens (including phenoxy) is 1. The molecule has 0 spiro atoms. The van der Waals surface area contributed by atoms with Crippen LogP contribution in [0.25, 0.3) is 28.6 Å². The van der Waals surface area contributed by atoms with Gasteiger partial charge in [-0.25, -0.2) is 24.7 Å². The molecule has 2 saturated carbocycles. The number of methoxy groups -OCH3 is 1. The highest BCUT2D eigenvalue weighted by Gasteiger charge is 2.45. The highest BCUT2D eigenvalue weighted by Crippen LogP contribution is 2.50. The van der Waals surface area contributed by atoms with E-state index in [0.717, 1.165) is 37.9 Å². The lowest BCUT2D eigenvalue weighted by molar-refractivity contribution is 0.205. The van der Waals surface area contributed by atoms with E-state index in [0.29, 0.717) is 39.2 Å². The van der Waals surface area contributed by atoms with Gasteiger partial charge in [0.1, 0.15) is 17.0 Å². The summed E-state index contributed by atoms with van der Waals surface area (Å²) in [6.07, 6.45) is 13.3. The van der Waals surface area contributed by atoms with Crippen molar-refractivity contribution < 1.29 is 14.6 Å². The van der Waals surface area contributed by atoms with Gasteiger partial charge < -0.3 is 15.6 Å². The van der Waals surface area contributed by atoms with Crippen molar-refractivity contribution in [3.8, 4) is 17.1 Å². The van der Waals surface area contributed by atoms with Crippen LogP contribution >= 0.6 is 11.6 Å². The van der Waals surface area contributed by atoms with E-state index >= 15 is 0 Å². The van der Waals surface area contributed by atoms with Crippen LogP contribution in [-0.2, 0) is 5.41 Å². The highest BCUT2D eigenvalue weighted by atomic mass is 35.5. The average Bonchev–Trinajstić information content (AvgIpc) is 3.34. The SMILES string of the molecule is COc1ncc(Cl)cc1-c1nc(/C(N)=N/C(=O)O)nc2nc(C3(c4ccccc4)CCC3)n(/C=C\C3CCCCC3)c12. The Hall–Kier alpha value is -4.31. The van der Waals surface area contributed by atoms with E-state index in [1.54, 1.807) is 6.07 Å². The molecule has 1 aromatic carbocycles. The summed E-state index contributed by atoms with van der Waals surface area (Å²) in [5.74, 6) is 1.21. The first-order valence-corrected chi connectivity index (χ1v) is 14.6. The second-order valence-corrected chi connectivity index (χ2v) is 11.3. The largest absolute Gasteiger partial charge is 0.481 e. The lowest BCUT2D eigenvalue weighted by atomic mass is 9.64. The summed E-state index contributed by atoms with van der Waals surface area (Å²) in [5, 5.41) is 9.66. The van der Waals surface area contributed by atoms with Crippen LogP contribution in [0.2, 0.25) is 5.02 Å². The lowest BCUT2D eigenvalue weighted by Crippen LogP contribution is -2.37. The molecule has 0 unspecified atom stereocenters. The zero-order chi connectivity index (χ0) is 29.3. The molecule has 42 heavy (non-hydrogen) atoms. The van der Waals surface area contributed by atoms with Crippen LogP contribution in [0.3, 0.4) is 0 Å². The van der Waals surface area contributed by atoms with Gasteiger partial charge in [-0.2, -0.15) is 4.99 Å². The maximum absolute atomic E-state index is 11.4. The number of hydrogen-bond donors (Lipinski definition) is 2. The second kappa shape index (κ2) is 11.5. The van der Waals surface area contributed by atoms with E-state index in [1.165, 1.54) is 38.1 Å². The number of carbonyl (C=O) groups is 1. The number of imidazole rings is 1. The first kappa shape index (κ1) is 27.8. The van der Waals surface area contributed by atoms with Gasteiger partial charge in [-0.1, -0.05) is 73.7 Å². The number of amides is 1. The van der Waals surface area contributed by atoms with Crippen LogP contribution in [0, 0.1) is 5.92 Å². The van der Waals surface area contributed by atoms with Crippen molar-refractivity contribution in [1.82, 2.24) is 24.5 Å². The maximum Gasteiger partial charge on any atom is 0.433 e. The number of aromatic nitrogens is 5. The molecule has 0 atom stereocenters. The number of nitrogens with two attached hydrogens (primary N) is 1. The molecule has 2 fully saturated rings. The molecule has 3 heterocycles. The van der Waals surface area contributed by atoms with Gasteiger partial charge >= 0.3 is 6.09 Å². The molecule has 1 amide bonds. The van der Waals surface area contributed by atoms with Crippen molar-refractivity contribution >= 4 is 40.9 Å². The van der Waals surface area contributed by atoms with Crippen LogP contribution in [0.1, 0.15) is 68.6 Å². The fourth-order valence-electron chi connectivity index (χ4n) is 6.16. The zero-order valence-electron chi connectivity index (χ0n) is 23.3. The highest BCUT2D eigenvalue weighted by molar-refractivity contribution is 6.30. The van der Waals surface area contributed by atoms with Gasteiger partial charge in [-0.15, -0.1) is 0 Å². The van der Waals surface area contributed by atoms with E-state index in [2.05, 4.69) is 56.1 Å². The Morgan fingerprint density at radius 1 is 1.14 bits per heavy atom. The van der Waals surface area contributed by atoms with Gasteiger partial charge in [0.2, 0.25) is 5.88 Å². The number of fused-ring (bicyclic) bond motifs is 1. The predicted molar refractivity (Wildman–Crippen MR) is 162 cm³/mol. The molecule has 0 saturated heterocycles. The van der Waals surface area contributed by atoms with Crippen LogP contribution in [0.5, 0.6) is 5.88 Å². The number of rotatable bonds is 7. The zero-order valence-corrected chi connectivity index (χ0v) is 24.1. The molecule has 0 bridgehead atoms. The van der Waals surface area contributed by atoms with E-state index in [-0.39, 0.29) is 17.1 Å². The molecule has 3 aromatic heterocycles. The van der Waals surface area contributed by atoms with E-state index < -0.39 is 6.09 Å². The smallest absolute Gasteiger partial charge is 0.433 e. The summed E-state index contributed by atoms with van der Waals surface area (Å²) in [7, 11) is 1.52. The summed E-state index contributed by atoms with van der Waals surface area (Å²) in [5.41, 5.74) is 8.85. The predicted octanol–water partition coefficient (Wildman–Crippen LogP) is 6.45. The molecule has 0 aliphatic heterocycles. The first-order chi connectivity index (χ1) is 20.4. The van der Waals surface area contributed by atoms with Crippen LogP contribution in [-0.4, -0.2) is 48.6 Å². The van der Waals surface area contributed by atoms with Gasteiger partial charge in [0.15, 0.2) is 17.3 Å². The van der Waals surface area contributed by atoms with Crippen molar-refractivity contribution in [2.75, 3.05) is 7.11 Å². The quantitative estimate of drug-likeness (QED) is 0.186. The van der Waals surface area contributed by atoms with Crippen molar-refractivity contribution in [2.45, 2.75) is 56.8 Å². The first-order valence-electron chi connectivity index (χ1n) is 14.2. The fourth-order valence-corrected chi connectivity index (χ4v) is 6.32. The monoisotopic (exact) mass is 585 g/mol. The van der Waals surface area contributed by atoms with E-state index in [1.807, 2.05) is 6.07 Å². The molecule has 6 rings (SSSR count). The molecule has 2 aliphatic rings. The number of nitrogens with zero attached hydrogens (tertiary/aromatic N) is 6. The second-order valence-electron chi connectivity index (χ2n) is 10.9. The standard InChI is InChI=1S/C31H32ClN7O3/c1-42-28-22(17-21(32)18-34-28)23-24-26(37-27(35-23)25(33)36-30(40)41)38-29(39(24)16-13-19-9-4-2-5-10-19)31(14-8-15-31)20-11-6-3-7-12-20/h3,6-7,11-13,16-19H,2,4-5,8-10,14-15H2,1H3,(H2,33,36)(H,40,41)/b16-13-. The Kier molecular flexibility index (Phi) is 7.64. The number of benzene rings is 1. The molecule has 3 N–H and O–H groups in total. The average molecular weight is 586 g/mol. The minimum atomic E-state index is -1.45. The molecule has 11 heteroatoms. The molecule has 0 radical (unpaired) electrons. The summed E-state index contributed by atoms with van der Waals surface area (Å²) in [6, 6.07) is 12.1. The van der Waals surface area contributed by atoms with Gasteiger partial charge in [0.05, 0.1) is 23.1 Å². The van der Waals surface area contributed by atoms with Crippen LogP contribution in [0.4, 0.5) is 4.79 Å². The van der Waals surface area contributed by atoms with Gasteiger partial charge in [-0.3, -0.25) is 4.57 Å². The Morgan fingerprint density at radius 2 is 1.90 bits per heavy atom. The molecule has 10 nitrogen and oxygen atoms in total. The Bertz CT molecular complexity index is 1690. The normalized spacial score (nSPS) is 17.4. The molecule has 216 valence electrons. The van der Waals surface area contributed by atoms with Crippen LogP contribution < -0.4 is 10.5 Å². The number of halogens is 1. The summed E-state index contributed by atoms with van der Waals surface area (Å²) < 4.78 is 7.70. The van der Waals surface area contributed by atoms with Crippen molar-refractivity contribution in [1.29, 1.82) is 0 Å².